The predicted octanol–water partition coefficient (Wildman–Crippen LogP) is 4.10. The zero-order valence-electron chi connectivity index (χ0n) is 11.5. The molecule has 0 aromatic heterocycles. The van der Waals surface area contributed by atoms with Crippen molar-refractivity contribution >= 4 is 39.1 Å². The van der Waals surface area contributed by atoms with E-state index in [1.54, 1.807) is 18.2 Å². The van der Waals surface area contributed by atoms with E-state index >= 15 is 0 Å². The summed E-state index contributed by atoms with van der Waals surface area (Å²) in [7, 11) is -3.87. The molecule has 2 aromatic rings. The van der Waals surface area contributed by atoms with Gasteiger partial charge in [-0.1, -0.05) is 41.4 Å². The van der Waals surface area contributed by atoms with Crippen molar-refractivity contribution in [2.45, 2.75) is 12.7 Å². The van der Waals surface area contributed by atoms with E-state index in [4.69, 9.17) is 27.4 Å². The Bertz CT molecular complexity index is 816. The van der Waals surface area contributed by atoms with Crippen LogP contribution in [-0.2, 0) is 15.9 Å². The minimum Gasteiger partial charge on any atom is -0.382 e. The Labute approximate surface area is 138 Å². The second-order valence-corrected chi connectivity index (χ2v) is 7.00. The van der Waals surface area contributed by atoms with Crippen LogP contribution in [0.5, 0.6) is 5.75 Å². The van der Waals surface area contributed by atoms with E-state index < -0.39 is 10.1 Å². The molecule has 0 aliphatic heterocycles. The van der Waals surface area contributed by atoms with Crippen LogP contribution in [0.25, 0.3) is 0 Å². The molecule has 0 amide bonds. The summed E-state index contributed by atoms with van der Waals surface area (Å²) in [5.74, 6) is -0.436. The van der Waals surface area contributed by atoms with Gasteiger partial charge in [-0.3, -0.25) is 4.79 Å². The molecular formula is C15H12Cl2O4S. The number of halogens is 2. The molecule has 0 spiro atoms. The fourth-order valence-corrected chi connectivity index (χ4v) is 3.14. The molecule has 0 saturated carbocycles. The van der Waals surface area contributed by atoms with Gasteiger partial charge in [-0.05, 0) is 36.8 Å². The highest BCUT2D eigenvalue weighted by molar-refractivity contribution is 7.86. The van der Waals surface area contributed by atoms with E-state index in [0.717, 1.165) is 0 Å². The lowest BCUT2D eigenvalue weighted by atomic mass is 10.1. The maximum absolute atomic E-state index is 12.1. The second-order valence-electron chi connectivity index (χ2n) is 4.62. The number of Topliss-reactive ketones (excluding diaryl/α,β-unsaturated/α-hetero) is 1. The van der Waals surface area contributed by atoms with Crippen molar-refractivity contribution in [3.8, 4) is 5.75 Å². The summed E-state index contributed by atoms with van der Waals surface area (Å²) in [6, 6.07) is 10.5. The summed E-state index contributed by atoms with van der Waals surface area (Å²) in [5.41, 5.74) is 0.833. The number of carbonyl (C=O) groups is 1. The molecule has 22 heavy (non-hydrogen) atoms. The van der Waals surface area contributed by atoms with Gasteiger partial charge < -0.3 is 4.18 Å². The number of carbonyl (C=O) groups excluding carboxylic acids is 1. The quantitative estimate of drug-likeness (QED) is 0.596. The van der Waals surface area contributed by atoms with Crippen molar-refractivity contribution in [1.82, 2.24) is 0 Å². The highest BCUT2D eigenvalue weighted by atomic mass is 35.5. The van der Waals surface area contributed by atoms with Gasteiger partial charge in [0.1, 0.15) is 11.5 Å². The van der Waals surface area contributed by atoms with Gasteiger partial charge in [-0.25, -0.2) is 0 Å². The molecule has 2 rings (SSSR count). The van der Waals surface area contributed by atoms with E-state index in [1.807, 2.05) is 0 Å². The third-order valence-electron chi connectivity index (χ3n) is 2.79. The zero-order chi connectivity index (χ0) is 16.3. The monoisotopic (exact) mass is 358 g/mol. The van der Waals surface area contributed by atoms with Crippen LogP contribution < -0.4 is 4.18 Å². The molecule has 7 heteroatoms. The van der Waals surface area contributed by atoms with Gasteiger partial charge in [0.15, 0.2) is 5.78 Å². The summed E-state index contributed by atoms with van der Waals surface area (Å²) >= 11 is 11.6. The topological polar surface area (TPSA) is 60.4 Å². The Balaban J connectivity index is 2.19. The molecule has 0 atom stereocenters. The lowest BCUT2D eigenvalue weighted by Crippen LogP contribution is -2.12. The van der Waals surface area contributed by atoms with Gasteiger partial charge in [-0.2, -0.15) is 8.42 Å². The summed E-state index contributed by atoms with van der Waals surface area (Å²) in [5, 5.41) is 0.617. The Kier molecular flexibility index (Phi) is 5.11. The fraction of sp³-hybridized carbons (Fsp3) is 0.133. The van der Waals surface area contributed by atoms with Crippen LogP contribution >= 0.6 is 23.2 Å². The van der Waals surface area contributed by atoms with E-state index in [0.29, 0.717) is 16.1 Å². The number of rotatable bonds is 5. The first-order valence-corrected chi connectivity index (χ1v) is 8.57. The highest BCUT2D eigenvalue weighted by Crippen LogP contribution is 2.24. The van der Waals surface area contributed by atoms with Gasteiger partial charge in [0, 0.05) is 5.56 Å². The largest absolute Gasteiger partial charge is 0.382 e. The Morgan fingerprint density at radius 2 is 1.82 bits per heavy atom. The van der Waals surface area contributed by atoms with Crippen molar-refractivity contribution in [1.29, 1.82) is 0 Å². The second kappa shape index (κ2) is 6.69. The lowest BCUT2D eigenvalue weighted by molar-refractivity contribution is 0.101. The molecule has 2 aromatic carbocycles. The lowest BCUT2D eigenvalue weighted by Gasteiger charge is -2.08. The summed E-state index contributed by atoms with van der Waals surface area (Å²) < 4.78 is 29.1. The van der Waals surface area contributed by atoms with Crippen LogP contribution in [0.1, 0.15) is 22.8 Å². The average Bonchev–Trinajstić information content (AvgIpc) is 2.42. The number of hydrogen-bond acceptors (Lipinski definition) is 4. The Hall–Kier alpha value is -1.56. The number of ketones is 1. The van der Waals surface area contributed by atoms with Crippen molar-refractivity contribution in [3.05, 3.63) is 63.6 Å². The fourth-order valence-electron chi connectivity index (χ4n) is 1.78. The SMILES string of the molecule is CC(=O)c1cccc(OS(=O)(=O)Cc2ccc(Cl)c(Cl)c2)c1. The van der Waals surface area contributed by atoms with Crippen molar-refractivity contribution < 1.29 is 17.4 Å². The molecule has 0 fully saturated rings. The van der Waals surface area contributed by atoms with E-state index in [-0.39, 0.29) is 22.3 Å². The molecule has 0 saturated heterocycles. The maximum atomic E-state index is 12.1. The normalized spacial score (nSPS) is 11.2. The minimum atomic E-state index is -3.87. The first-order chi connectivity index (χ1) is 10.3. The third kappa shape index (κ3) is 4.47. The first kappa shape index (κ1) is 16.8. The predicted molar refractivity (Wildman–Crippen MR) is 86.2 cm³/mol. The Morgan fingerprint density at radius 1 is 1.09 bits per heavy atom. The molecule has 0 aliphatic rings. The molecule has 0 bridgehead atoms. The van der Waals surface area contributed by atoms with Crippen LogP contribution in [0, 0.1) is 0 Å². The van der Waals surface area contributed by atoms with Crippen molar-refractivity contribution in [2.24, 2.45) is 0 Å². The molecular weight excluding hydrogens is 347 g/mol. The third-order valence-corrected chi connectivity index (χ3v) is 4.66. The highest BCUT2D eigenvalue weighted by Gasteiger charge is 2.15. The average molecular weight is 359 g/mol. The van der Waals surface area contributed by atoms with Crippen LogP contribution in [0.2, 0.25) is 10.0 Å². The van der Waals surface area contributed by atoms with Crippen LogP contribution in [0.3, 0.4) is 0 Å². The van der Waals surface area contributed by atoms with Crippen molar-refractivity contribution in [2.75, 3.05) is 0 Å². The molecule has 116 valence electrons. The zero-order valence-corrected chi connectivity index (χ0v) is 13.9. The summed E-state index contributed by atoms with van der Waals surface area (Å²) in [6.07, 6.45) is 0. The summed E-state index contributed by atoms with van der Waals surface area (Å²) in [6.45, 7) is 1.39. The molecule has 0 N–H and O–H groups in total. The molecule has 4 nitrogen and oxygen atoms in total. The van der Waals surface area contributed by atoms with E-state index in [9.17, 15) is 13.2 Å². The van der Waals surface area contributed by atoms with Crippen LogP contribution in [-0.4, -0.2) is 14.2 Å². The number of benzene rings is 2. The minimum absolute atomic E-state index is 0.0905. The standard InChI is InChI=1S/C15H12Cl2O4S/c1-10(18)12-3-2-4-13(8-12)21-22(19,20)9-11-5-6-14(16)15(17)7-11/h2-8H,9H2,1H3. The molecule has 0 heterocycles. The van der Waals surface area contributed by atoms with E-state index in [2.05, 4.69) is 0 Å². The van der Waals surface area contributed by atoms with Crippen LogP contribution in [0.4, 0.5) is 0 Å². The smallest absolute Gasteiger partial charge is 0.313 e. The Morgan fingerprint density at radius 3 is 2.45 bits per heavy atom. The summed E-state index contributed by atoms with van der Waals surface area (Å²) in [4.78, 5) is 11.3. The first-order valence-electron chi connectivity index (χ1n) is 6.24. The van der Waals surface area contributed by atoms with Gasteiger partial charge in [0.2, 0.25) is 0 Å². The van der Waals surface area contributed by atoms with Gasteiger partial charge >= 0.3 is 10.1 Å². The maximum Gasteiger partial charge on any atom is 0.313 e. The number of hydrogen-bond donors (Lipinski definition) is 0. The van der Waals surface area contributed by atoms with Crippen molar-refractivity contribution in [3.63, 3.8) is 0 Å². The van der Waals surface area contributed by atoms with Crippen LogP contribution in [0.15, 0.2) is 42.5 Å². The molecule has 0 unspecified atom stereocenters. The van der Waals surface area contributed by atoms with Gasteiger partial charge in [0.05, 0.1) is 10.0 Å². The van der Waals surface area contributed by atoms with Gasteiger partial charge in [0.25, 0.3) is 0 Å². The van der Waals surface area contributed by atoms with Gasteiger partial charge in [-0.15, -0.1) is 0 Å². The van der Waals surface area contributed by atoms with E-state index in [1.165, 1.54) is 31.2 Å². The molecule has 0 radical (unpaired) electrons. The molecule has 0 aliphatic carbocycles.